The van der Waals surface area contributed by atoms with Crippen molar-refractivity contribution in [3.63, 3.8) is 0 Å². The highest BCUT2D eigenvalue weighted by atomic mass is 32.2. The van der Waals surface area contributed by atoms with Crippen LogP contribution in [0.4, 0.5) is 17.1 Å². The number of hydrogen-bond acceptors (Lipinski definition) is 7. The highest BCUT2D eigenvalue weighted by molar-refractivity contribution is 8.03. The van der Waals surface area contributed by atoms with Crippen LogP contribution >= 0.6 is 11.8 Å². The molecule has 28 heavy (non-hydrogen) atoms. The molecule has 0 spiro atoms. The number of allylic oxidation sites excluding steroid dienone is 1. The Morgan fingerprint density at radius 2 is 2.00 bits per heavy atom. The van der Waals surface area contributed by atoms with E-state index < -0.39 is 10.9 Å². The second kappa shape index (κ2) is 8.10. The van der Waals surface area contributed by atoms with Gasteiger partial charge < -0.3 is 20.6 Å². The molecule has 1 aliphatic heterocycles. The van der Waals surface area contributed by atoms with Crippen molar-refractivity contribution in [2.24, 2.45) is 0 Å². The van der Waals surface area contributed by atoms with Gasteiger partial charge in [0.15, 0.2) is 5.75 Å². The standard InChI is InChI=1S/C20H23N3O4S/c1-4-12(14-9-6-10-28-14)21-15-16(19(26)18(15)25)22-13-8-5-7-11(17(13)24)20(27)23(2)3/h5-8,10,12,14,21-22,24H,4,9H2,1-3H3. The van der Waals surface area contributed by atoms with Crippen molar-refractivity contribution in [2.75, 3.05) is 24.7 Å². The maximum Gasteiger partial charge on any atom is 0.257 e. The Morgan fingerprint density at radius 1 is 1.29 bits per heavy atom. The largest absolute Gasteiger partial charge is 0.505 e. The number of nitrogens with one attached hydrogen (secondary N) is 2. The van der Waals surface area contributed by atoms with Gasteiger partial charge >= 0.3 is 0 Å². The Bertz CT molecular complexity index is 984. The van der Waals surface area contributed by atoms with Gasteiger partial charge in [0, 0.05) is 25.4 Å². The van der Waals surface area contributed by atoms with E-state index in [0.717, 1.165) is 12.8 Å². The SMILES string of the molecule is CCC(Nc1c(Nc2cccc(C(=O)N(C)C)c2O)c(=O)c1=O)C1CC=CS1. The molecule has 2 aromatic carbocycles. The average molecular weight is 401 g/mol. The first-order valence-electron chi connectivity index (χ1n) is 9.06. The number of hydrogen-bond donors (Lipinski definition) is 3. The van der Waals surface area contributed by atoms with Crippen molar-refractivity contribution >= 4 is 34.7 Å². The summed E-state index contributed by atoms with van der Waals surface area (Å²) in [6.07, 6.45) is 3.80. The first-order valence-corrected chi connectivity index (χ1v) is 10.00. The zero-order valence-corrected chi connectivity index (χ0v) is 16.8. The number of thioether (sulfide) groups is 1. The number of aromatic hydroxyl groups is 1. The fourth-order valence-corrected chi connectivity index (χ4v) is 4.24. The predicted octanol–water partition coefficient (Wildman–Crippen LogP) is 2.64. The van der Waals surface area contributed by atoms with Crippen LogP contribution in [-0.2, 0) is 0 Å². The third-order valence-corrected chi connectivity index (χ3v) is 6.00. The van der Waals surface area contributed by atoms with Gasteiger partial charge in [-0.2, -0.15) is 0 Å². The predicted molar refractivity (Wildman–Crippen MR) is 114 cm³/mol. The molecule has 0 aliphatic carbocycles. The van der Waals surface area contributed by atoms with Gasteiger partial charge in [-0.15, -0.1) is 11.8 Å². The minimum absolute atomic E-state index is 0.0408. The van der Waals surface area contributed by atoms with Crippen LogP contribution in [0.15, 0.2) is 39.3 Å². The summed E-state index contributed by atoms with van der Waals surface area (Å²) in [5.74, 6) is -0.621. The number of para-hydroxylation sites is 1. The monoisotopic (exact) mass is 401 g/mol. The molecule has 1 aliphatic rings. The average Bonchev–Trinajstić information content (AvgIpc) is 3.22. The highest BCUT2D eigenvalue weighted by Gasteiger charge is 2.28. The first kappa shape index (κ1) is 20.0. The van der Waals surface area contributed by atoms with E-state index in [0.29, 0.717) is 5.25 Å². The van der Waals surface area contributed by atoms with Gasteiger partial charge in [0.2, 0.25) is 0 Å². The number of benzene rings is 1. The van der Waals surface area contributed by atoms with E-state index in [4.69, 9.17) is 0 Å². The summed E-state index contributed by atoms with van der Waals surface area (Å²) in [6, 6.07) is 4.70. The van der Waals surface area contributed by atoms with Gasteiger partial charge in [0.1, 0.15) is 11.4 Å². The molecule has 7 nitrogen and oxygen atoms in total. The summed E-state index contributed by atoms with van der Waals surface area (Å²) in [4.78, 5) is 37.8. The zero-order chi connectivity index (χ0) is 20.4. The summed E-state index contributed by atoms with van der Waals surface area (Å²) in [5, 5.41) is 18.8. The van der Waals surface area contributed by atoms with Crippen LogP contribution in [0.5, 0.6) is 5.75 Å². The molecule has 3 N–H and O–H groups in total. The number of rotatable bonds is 7. The molecule has 0 aromatic heterocycles. The number of nitrogens with zero attached hydrogens (tertiary/aromatic N) is 1. The molecule has 2 unspecified atom stereocenters. The quantitative estimate of drug-likeness (QED) is 0.484. The van der Waals surface area contributed by atoms with Gasteiger partial charge in [0.25, 0.3) is 16.8 Å². The summed E-state index contributed by atoms with van der Waals surface area (Å²) < 4.78 is 0. The Balaban J connectivity index is 1.86. The van der Waals surface area contributed by atoms with Crippen LogP contribution in [0.3, 0.4) is 0 Å². The van der Waals surface area contributed by atoms with Crippen LogP contribution in [0.1, 0.15) is 30.1 Å². The summed E-state index contributed by atoms with van der Waals surface area (Å²) >= 11 is 1.70. The van der Waals surface area contributed by atoms with E-state index in [1.807, 2.05) is 12.3 Å². The molecule has 0 fully saturated rings. The number of carbonyl (C=O) groups is 1. The number of amides is 1. The first-order chi connectivity index (χ1) is 13.3. The fourth-order valence-electron chi connectivity index (χ4n) is 3.15. The fraction of sp³-hybridized carbons (Fsp3) is 0.350. The second-order valence-corrected chi connectivity index (χ2v) is 8.03. The summed E-state index contributed by atoms with van der Waals surface area (Å²) in [7, 11) is 3.17. The van der Waals surface area contributed by atoms with E-state index >= 15 is 0 Å². The smallest absolute Gasteiger partial charge is 0.257 e. The third-order valence-electron chi connectivity index (χ3n) is 4.78. The van der Waals surface area contributed by atoms with E-state index in [2.05, 4.69) is 16.7 Å². The zero-order valence-electron chi connectivity index (χ0n) is 16.0. The normalized spacial score (nSPS) is 16.9. The maximum atomic E-state index is 12.2. The van der Waals surface area contributed by atoms with Crippen LogP contribution in [0.25, 0.3) is 0 Å². The van der Waals surface area contributed by atoms with Gasteiger partial charge in [-0.25, -0.2) is 0 Å². The lowest BCUT2D eigenvalue weighted by atomic mass is 10.1. The Morgan fingerprint density at radius 3 is 2.61 bits per heavy atom. The molecule has 8 heteroatoms. The van der Waals surface area contributed by atoms with Crippen LogP contribution in [-0.4, -0.2) is 41.3 Å². The molecule has 2 atom stereocenters. The summed E-state index contributed by atoms with van der Waals surface area (Å²) in [6.45, 7) is 2.03. The van der Waals surface area contributed by atoms with Crippen LogP contribution in [0, 0.1) is 0 Å². The van der Waals surface area contributed by atoms with Crippen molar-refractivity contribution in [3.05, 3.63) is 55.7 Å². The number of carbonyl (C=O) groups excluding carboxylic acids is 1. The molecule has 1 heterocycles. The molecule has 0 saturated carbocycles. The molecule has 3 rings (SSSR count). The van der Waals surface area contributed by atoms with E-state index in [1.54, 1.807) is 38.0 Å². The van der Waals surface area contributed by atoms with E-state index in [9.17, 15) is 19.5 Å². The van der Waals surface area contributed by atoms with Gasteiger partial charge in [0.05, 0.1) is 11.3 Å². The molecule has 148 valence electrons. The second-order valence-electron chi connectivity index (χ2n) is 6.88. The lowest BCUT2D eigenvalue weighted by Crippen LogP contribution is -2.41. The topological polar surface area (TPSA) is 98.7 Å². The number of anilines is 3. The number of phenolic OH excluding ortho intramolecular Hbond substituents is 1. The van der Waals surface area contributed by atoms with Gasteiger partial charge in [-0.3, -0.25) is 14.4 Å². The van der Waals surface area contributed by atoms with Crippen molar-refractivity contribution in [1.82, 2.24) is 4.90 Å². The minimum atomic E-state index is -0.640. The highest BCUT2D eigenvalue weighted by Crippen LogP contribution is 2.34. The molecular weight excluding hydrogens is 378 g/mol. The molecule has 0 bridgehead atoms. The van der Waals surface area contributed by atoms with Crippen molar-refractivity contribution in [3.8, 4) is 5.75 Å². The minimum Gasteiger partial charge on any atom is -0.505 e. The van der Waals surface area contributed by atoms with Crippen molar-refractivity contribution in [2.45, 2.75) is 31.1 Å². The molecule has 0 radical (unpaired) electrons. The molecular formula is C20H23N3O4S. The lowest BCUT2D eigenvalue weighted by Gasteiger charge is -2.26. The molecule has 1 amide bonds. The van der Waals surface area contributed by atoms with E-state index in [-0.39, 0.29) is 40.3 Å². The third kappa shape index (κ3) is 3.64. The van der Waals surface area contributed by atoms with Gasteiger partial charge in [-0.1, -0.05) is 19.1 Å². The van der Waals surface area contributed by atoms with Crippen LogP contribution in [0.2, 0.25) is 0 Å². The van der Waals surface area contributed by atoms with Crippen LogP contribution < -0.4 is 21.5 Å². The summed E-state index contributed by atoms with van der Waals surface area (Å²) in [5.41, 5.74) is -0.552. The van der Waals surface area contributed by atoms with Crippen molar-refractivity contribution < 1.29 is 9.90 Å². The molecule has 2 aromatic rings. The van der Waals surface area contributed by atoms with E-state index in [1.165, 1.54) is 11.0 Å². The lowest BCUT2D eigenvalue weighted by molar-refractivity contribution is 0.0824. The molecule has 0 saturated heterocycles. The Hall–Kier alpha value is -2.74. The maximum absolute atomic E-state index is 12.2. The van der Waals surface area contributed by atoms with Gasteiger partial charge in [-0.05, 0) is 30.4 Å². The Labute approximate surface area is 167 Å². The van der Waals surface area contributed by atoms with Crippen molar-refractivity contribution in [1.29, 1.82) is 0 Å². The Kier molecular flexibility index (Phi) is 5.79. The number of phenols is 1.